The van der Waals surface area contributed by atoms with Crippen molar-refractivity contribution in [1.29, 1.82) is 0 Å². The molecule has 0 spiro atoms. The summed E-state index contributed by atoms with van der Waals surface area (Å²) in [6.07, 6.45) is 3.98. The van der Waals surface area contributed by atoms with E-state index < -0.39 is 0 Å². The molecule has 72 valence electrons. The monoisotopic (exact) mass is 217 g/mol. The zero-order valence-electron chi connectivity index (χ0n) is 7.80. The Kier molecular flexibility index (Phi) is 5.76. The van der Waals surface area contributed by atoms with Crippen LogP contribution in [0.25, 0.3) is 0 Å². The molecule has 0 aliphatic rings. The highest BCUT2D eigenvalue weighted by atomic mass is 35.5. The molecule has 0 amide bonds. The van der Waals surface area contributed by atoms with Crippen molar-refractivity contribution in [2.24, 2.45) is 0 Å². The molecule has 0 unspecified atom stereocenters. The van der Waals surface area contributed by atoms with Crippen LogP contribution in [0, 0.1) is 13.8 Å². The number of hydrogen-bond acceptors (Lipinski definition) is 0. The number of aromatic nitrogens is 1. The fourth-order valence-corrected chi connectivity index (χ4v) is 1.18. The summed E-state index contributed by atoms with van der Waals surface area (Å²) in [7, 11) is 0. The minimum atomic E-state index is 0. The van der Waals surface area contributed by atoms with Crippen LogP contribution in [0.4, 0.5) is 0 Å². The van der Waals surface area contributed by atoms with Gasteiger partial charge in [0.25, 0.3) is 0 Å². The van der Waals surface area contributed by atoms with Crippen LogP contribution >= 0.6 is 11.6 Å². The Hall–Kier alpha value is -0.530. The molecule has 1 heterocycles. The number of halogens is 2. The highest BCUT2D eigenvalue weighted by Crippen LogP contribution is 1.98. The first-order valence-electron chi connectivity index (χ1n) is 3.96. The maximum absolute atomic E-state index is 5.45. The second-order valence-corrected chi connectivity index (χ2v) is 3.04. The van der Waals surface area contributed by atoms with E-state index in [0.29, 0.717) is 0 Å². The molecule has 0 aromatic carbocycles. The van der Waals surface area contributed by atoms with Gasteiger partial charge in [0.1, 0.15) is 0 Å². The van der Waals surface area contributed by atoms with Gasteiger partial charge in [0, 0.05) is 24.1 Å². The summed E-state index contributed by atoms with van der Waals surface area (Å²) < 4.78 is 2.16. The molecule has 0 N–H and O–H groups in total. The third kappa shape index (κ3) is 3.37. The van der Waals surface area contributed by atoms with E-state index in [4.69, 9.17) is 11.6 Å². The third-order valence-electron chi connectivity index (χ3n) is 2.00. The van der Waals surface area contributed by atoms with Crippen molar-refractivity contribution in [2.45, 2.75) is 20.4 Å². The van der Waals surface area contributed by atoms with Gasteiger partial charge in [-0.05, 0) is 19.1 Å². The number of hydrogen-bond donors (Lipinski definition) is 0. The number of pyridine rings is 1. The van der Waals surface area contributed by atoms with Gasteiger partial charge in [0.05, 0.1) is 0 Å². The molecule has 1 aromatic rings. The van der Waals surface area contributed by atoms with Crippen LogP contribution in [0.1, 0.15) is 11.3 Å². The van der Waals surface area contributed by atoms with E-state index in [2.05, 4.69) is 30.7 Å². The van der Waals surface area contributed by atoms with Crippen LogP contribution in [0.2, 0.25) is 0 Å². The molecule has 1 aromatic heterocycles. The van der Waals surface area contributed by atoms with Gasteiger partial charge in [-0.1, -0.05) is 11.6 Å². The highest BCUT2D eigenvalue weighted by Gasteiger charge is 2.04. The fraction of sp³-hybridized carbons (Fsp3) is 0.300. The summed E-state index contributed by atoms with van der Waals surface area (Å²) >= 11 is 5.45. The first-order chi connectivity index (χ1) is 5.75. The molecule has 1 nitrogen and oxygen atoms in total. The summed E-state index contributed by atoms with van der Waals surface area (Å²) in [6, 6.07) is 4.15. The Morgan fingerprint density at radius 1 is 1.46 bits per heavy atom. The molecule has 0 aliphatic carbocycles. The smallest absolute Gasteiger partial charge is 0.181 e. The van der Waals surface area contributed by atoms with Crippen LogP contribution < -0.4 is 17.0 Å². The number of allylic oxidation sites excluding steroid dienone is 1. The lowest BCUT2D eigenvalue weighted by Crippen LogP contribution is -3.00. The average molecular weight is 218 g/mol. The van der Waals surface area contributed by atoms with Gasteiger partial charge in [-0.2, -0.15) is 4.57 Å². The maximum atomic E-state index is 5.45. The van der Waals surface area contributed by atoms with Crippen LogP contribution in [0.15, 0.2) is 29.9 Å². The van der Waals surface area contributed by atoms with E-state index in [1.807, 2.05) is 12.1 Å². The van der Waals surface area contributed by atoms with Gasteiger partial charge >= 0.3 is 0 Å². The van der Waals surface area contributed by atoms with E-state index in [9.17, 15) is 0 Å². The van der Waals surface area contributed by atoms with Crippen LogP contribution in [-0.4, -0.2) is 0 Å². The molecule has 0 aliphatic heterocycles. The van der Waals surface area contributed by atoms with Crippen LogP contribution in [-0.2, 0) is 6.54 Å². The molecule has 0 saturated heterocycles. The lowest BCUT2D eigenvalue weighted by molar-refractivity contribution is -0.693. The minimum Gasteiger partial charge on any atom is -1.00 e. The second-order valence-electron chi connectivity index (χ2n) is 2.79. The van der Waals surface area contributed by atoms with Gasteiger partial charge in [0.2, 0.25) is 0 Å². The van der Waals surface area contributed by atoms with Crippen LogP contribution in [0.3, 0.4) is 0 Å². The SMILES string of the molecule is Cc1ccc[n+](C/C=C/Cl)c1C.[Cl-]. The normalized spacial score (nSPS) is 10.1. The van der Waals surface area contributed by atoms with Gasteiger partial charge in [-0.25, -0.2) is 0 Å². The summed E-state index contributed by atoms with van der Waals surface area (Å²) in [4.78, 5) is 0. The van der Waals surface area contributed by atoms with Crippen LogP contribution in [0.5, 0.6) is 0 Å². The second kappa shape index (κ2) is 6.01. The van der Waals surface area contributed by atoms with Gasteiger partial charge in [0.15, 0.2) is 18.4 Å². The Labute approximate surface area is 90.5 Å². The molecule has 0 fully saturated rings. The highest BCUT2D eigenvalue weighted by molar-refractivity contribution is 6.25. The molecule has 0 saturated carbocycles. The topological polar surface area (TPSA) is 3.88 Å². The van der Waals surface area contributed by atoms with E-state index in [1.165, 1.54) is 11.3 Å². The Morgan fingerprint density at radius 3 is 2.77 bits per heavy atom. The number of aryl methyl sites for hydroxylation is 1. The van der Waals surface area contributed by atoms with Crippen molar-refractivity contribution in [3.63, 3.8) is 0 Å². The van der Waals surface area contributed by atoms with Gasteiger partial charge in [-0.3, -0.25) is 0 Å². The molecular formula is C10H13Cl2N. The predicted octanol–water partition coefficient (Wildman–Crippen LogP) is -0.653. The van der Waals surface area contributed by atoms with E-state index in [1.54, 1.807) is 5.54 Å². The molecule has 3 heteroatoms. The molecule has 1 rings (SSSR count). The summed E-state index contributed by atoms with van der Waals surface area (Å²) in [5.74, 6) is 0. The summed E-state index contributed by atoms with van der Waals surface area (Å²) in [6.45, 7) is 5.06. The summed E-state index contributed by atoms with van der Waals surface area (Å²) in [5.41, 5.74) is 4.14. The van der Waals surface area contributed by atoms with E-state index in [0.717, 1.165) is 6.54 Å². The molecule has 13 heavy (non-hydrogen) atoms. The third-order valence-corrected chi connectivity index (χ3v) is 2.18. The van der Waals surface area contributed by atoms with Crippen molar-refractivity contribution in [2.75, 3.05) is 0 Å². The molecule has 0 radical (unpaired) electrons. The fourth-order valence-electron chi connectivity index (χ4n) is 1.10. The minimum absolute atomic E-state index is 0. The van der Waals surface area contributed by atoms with Gasteiger partial charge in [-0.15, -0.1) is 0 Å². The predicted molar refractivity (Wildman–Crippen MR) is 51.1 cm³/mol. The Bertz CT molecular complexity index is 295. The lowest BCUT2D eigenvalue weighted by Gasteiger charge is -1.98. The van der Waals surface area contributed by atoms with E-state index in [-0.39, 0.29) is 12.4 Å². The number of rotatable bonds is 2. The largest absolute Gasteiger partial charge is 1.00 e. The zero-order chi connectivity index (χ0) is 8.97. The molecule has 0 atom stereocenters. The standard InChI is InChI=1S/C10H13ClN.ClH/c1-9-5-3-7-12(10(9)2)8-4-6-11;/h3-7H,8H2,1-2H3;1H/q+1;/p-1/b6-4+;. The molecule has 0 bridgehead atoms. The average Bonchev–Trinajstić information content (AvgIpc) is 2.08. The zero-order valence-corrected chi connectivity index (χ0v) is 9.31. The van der Waals surface area contributed by atoms with Crippen molar-refractivity contribution in [3.05, 3.63) is 41.2 Å². The van der Waals surface area contributed by atoms with Crippen molar-refractivity contribution in [1.82, 2.24) is 0 Å². The Morgan fingerprint density at radius 2 is 2.15 bits per heavy atom. The summed E-state index contributed by atoms with van der Waals surface area (Å²) in [5, 5.41) is 0. The first kappa shape index (κ1) is 12.5. The van der Waals surface area contributed by atoms with E-state index >= 15 is 0 Å². The quantitative estimate of drug-likeness (QED) is 0.581. The number of nitrogens with zero attached hydrogens (tertiary/aromatic N) is 1. The van der Waals surface area contributed by atoms with Crippen molar-refractivity contribution < 1.29 is 17.0 Å². The maximum Gasteiger partial charge on any atom is 0.181 e. The van der Waals surface area contributed by atoms with Crippen molar-refractivity contribution in [3.8, 4) is 0 Å². The van der Waals surface area contributed by atoms with Crippen molar-refractivity contribution >= 4 is 11.6 Å². The first-order valence-corrected chi connectivity index (χ1v) is 4.40. The molecular weight excluding hydrogens is 205 g/mol. The van der Waals surface area contributed by atoms with Gasteiger partial charge < -0.3 is 12.4 Å². The lowest BCUT2D eigenvalue weighted by atomic mass is 10.2. The Balaban J connectivity index is 0.00000144.